The average Bonchev–Trinajstić information content (AvgIpc) is 3.17. The number of unbranched alkanes of at least 4 members (excludes halogenated alkanes) is 1. The van der Waals surface area contributed by atoms with Gasteiger partial charge < -0.3 is 70.4 Å². The van der Waals surface area contributed by atoms with Gasteiger partial charge in [0, 0.05) is 18.6 Å². The van der Waals surface area contributed by atoms with Crippen LogP contribution >= 0.6 is 12.6 Å². The van der Waals surface area contributed by atoms with E-state index in [0.29, 0.717) is 25.8 Å². The maximum Gasteiger partial charge on any atom is 0.328 e. The second-order valence-corrected chi connectivity index (χ2v) is 15.9. The van der Waals surface area contributed by atoms with Crippen molar-refractivity contribution in [3.63, 3.8) is 0 Å². The monoisotopic (exact) mass is 889 g/mol. The van der Waals surface area contributed by atoms with Crippen LogP contribution in [0.2, 0.25) is 0 Å². The fraction of sp³-hybridized carbons (Fsp3) is 0.730. The summed E-state index contributed by atoms with van der Waals surface area (Å²) in [6, 6.07) is -10.8. The molecular weight excluding hydrogens is 823 g/mol. The first-order valence-corrected chi connectivity index (χ1v) is 20.6. The first-order valence-electron chi connectivity index (χ1n) is 20.0. The standard InChI is InChI=1S/C37H67N11O12S/c1-17(2)27(34(56)42-22(11-13-26(41)51)32(54)47-29(19(5)6)36(58)44-23(15-49)37(59)60)46-31(53)21(10-12-25(40)50)43-35(57)28(18(3)4)48-33(55)24(16-61)45-30(52)20(39)9-7-8-14-38/h17-24,27-29,49,61H,7-16,38-39H2,1-6H3,(H2,40,50)(H2,41,51)(H,42,56)(H,43,57)(H,44,58)(H,45,52)(H,46,53)(H,47,54)(H,48,55)(H,59,60). The summed E-state index contributed by atoms with van der Waals surface area (Å²) in [6.07, 6.45) is 0.0814. The Labute approximate surface area is 360 Å². The van der Waals surface area contributed by atoms with Crippen molar-refractivity contribution in [2.45, 2.75) is 135 Å². The van der Waals surface area contributed by atoms with E-state index in [1.807, 2.05) is 0 Å². The van der Waals surface area contributed by atoms with Gasteiger partial charge in [-0.2, -0.15) is 12.6 Å². The minimum absolute atomic E-state index is 0.154. The van der Waals surface area contributed by atoms with E-state index in [1.165, 1.54) is 13.8 Å². The summed E-state index contributed by atoms with van der Waals surface area (Å²) in [4.78, 5) is 128. The number of aliphatic carboxylic acids is 1. The van der Waals surface area contributed by atoms with Gasteiger partial charge in [-0.15, -0.1) is 0 Å². The first kappa shape index (κ1) is 55.9. The van der Waals surface area contributed by atoms with Crippen molar-refractivity contribution in [3.05, 3.63) is 0 Å². The lowest BCUT2D eigenvalue weighted by Crippen LogP contribution is -2.62. The Balaban J connectivity index is 6.30. The second kappa shape index (κ2) is 28.5. The largest absolute Gasteiger partial charge is 0.480 e. The van der Waals surface area contributed by atoms with E-state index in [4.69, 9.17) is 22.9 Å². The Morgan fingerprint density at radius 2 is 0.852 bits per heavy atom. The molecule has 0 bridgehead atoms. The number of amides is 9. The van der Waals surface area contributed by atoms with Crippen LogP contribution in [-0.4, -0.2) is 137 Å². The minimum Gasteiger partial charge on any atom is -0.480 e. The predicted octanol–water partition coefficient (Wildman–Crippen LogP) is -4.66. The zero-order valence-corrected chi connectivity index (χ0v) is 36.5. The van der Waals surface area contributed by atoms with Gasteiger partial charge in [0.05, 0.1) is 12.6 Å². The number of rotatable bonds is 30. The molecule has 8 unspecified atom stereocenters. The Hall–Kier alpha value is -5.07. The van der Waals surface area contributed by atoms with Gasteiger partial charge in [0.2, 0.25) is 53.2 Å². The summed E-state index contributed by atoms with van der Waals surface area (Å²) in [5.74, 6) is -11.3. The maximum absolute atomic E-state index is 13.8. The Bertz CT molecular complexity index is 1530. The van der Waals surface area contributed by atoms with E-state index in [9.17, 15) is 58.2 Å². The number of nitrogens with two attached hydrogens (primary N) is 4. The molecule has 61 heavy (non-hydrogen) atoms. The zero-order valence-electron chi connectivity index (χ0n) is 35.7. The molecule has 0 fully saturated rings. The number of aliphatic hydroxyl groups excluding tert-OH is 1. The van der Waals surface area contributed by atoms with Crippen LogP contribution in [0.25, 0.3) is 0 Å². The third-order valence-electron chi connectivity index (χ3n) is 9.28. The van der Waals surface area contributed by atoms with Gasteiger partial charge in [-0.05, 0) is 50.0 Å². The Kier molecular flexibility index (Phi) is 26.1. The second-order valence-electron chi connectivity index (χ2n) is 15.5. The molecule has 0 aromatic rings. The van der Waals surface area contributed by atoms with Crippen molar-refractivity contribution in [2.24, 2.45) is 40.7 Å². The molecule has 348 valence electrons. The number of primary amides is 2. The fourth-order valence-corrected chi connectivity index (χ4v) is 5.82. The highest BCUT2D eigenvalue weighted by Gasteiger charge is 2.36. The average molecular weight is 890 g/mol. The van der Waals surface area contributed by atoms with E-state index in [1.54, 1.807) is 27.7 Å². The molecule has 9 amide bonds. The van der Waals surface area contributed by atoms with Gasteiger partial charge in [0.25, 0.3) is 0 Å². The lowest BCUT2D eigenvalue weighted by Gasteiger charge is -2.30. The SMILES string of the molecule is CC(C)C(NC(=O)C(CCC(N)=O)NC(=O)C(NC(=O)C(CCC(N)=O)NC(=O)C(NC(=O)C(CS)NC(=O)C(N)CCCCN)C(C)C)C(C)C)C(=O)NC(CO)C(=O)O. The van der Waals surface area contributed by atoms with Crippen LogP contribution in [0.15, 0.2) is 0 Å². The van der Waals surface area contributed by atoms with E-state index < -0.39 is 138 Å². The molecule has 0 aromatic carbocycles. The van der Waals surface area contributed by atoms with Crippen molar-refractivity contribution in [3.8, 4) is 0 Å². The molecule has 0 aliphatic rings. The summed E-state index contributed by atoms with van der Waals surface area (Å²) in [7, 11) is 0. The minimum atomic E-state index is -1.68. The van der Waals surface area contributed by atoms with Crippen molar-refractivity contribution in [1.29, 1.82) is 0 Å². The maximum atomic E-state index is 13.8. The van der Waals surface area contributed by atoms with Crippen molar-refractivity contribution >= 4 is 71.8 Å². The number of aliphatic hydroxyl groups is 1. The molecule has 23 nitrogen and oxygen atoms in total. The van der Waals surface area contributed by atoms with Crippen LogP contribution in [0.5, 0.6) is 0 Å². The number of carboxylic acid groups (broad SMARTS) is 1. The fourth-order valence-electron chi connectivity index (χ4n) is 5.56. The third kappa shape index (κ3) is 20.8. The summed E-state index contributed by atoms with van der Waals surface area (Å²) < 4.78 is 0. The third-order valence-corrected chi connectivity index (χ3v) is 9.65. The number of carbonyl (C=O) groups is 10. The molecule has 8 atom stereocenters. The topological polar surface area (TPSA) is 399 Å². The molecule has 0 aliphatic carbocycles. The van der Waals surface area contributed by atoms with E-state index in [-0.39, 0.29) is 25.0 Å². The molecule has 0 radical (unpaired) electrons. The number of hydrogen-bond donors (Lipinski definition) is 14. The van der Waals surface area contributed by atoms with Crippen LogP contribution in [0.1, 0.15) is 86.5 Å². The van der Waals surface area contributed by atoms with Crippen LogP contribution in [0, 0.1) is 17.8 Å². The summed E-state index contributed by atoms with van der Waals surface area (Å²) in [5.41, 5.74) is 22.1. The highest BCUT2D eigenvalue weighted by atomic mass is 32.1. The van der Waals surface area contributed by atoms with Crippen molar-refractivity contribution in [1.82, 2.24) is 37.2 Å². The zero-order chi connectivity index (χ0) is 47.1. The number of carboxylic acids is 1. The first-order chi connectivity index (χ1) is 28.4. The van der Waals surface area contributed by atoms with E-state index in [0.717, 1.165) is 0 Å². The van der Waals surface area contributed by atoms with Crippen molar-refractivity contribution in [2.75, 3.05) is 18.9 Å². The predicted molar refractivity (Wildman–Crippen MR) is 224 cm³/mol. The summed E-state index contributed by atoms with van der Waals surface area (Å²) in [6.45, 7) is 8.86. The molecule has 24 heteroatoms. The molecule has 17 N–H and O–H groups in total. The molecule has 0 saturated carbocycles. The van der Waals surface area contributed by atoms with E-state index in [2.05, 4.69) is 49.8 Å². The molecule has 0 heterocycles. The lowest BCUT2D eigenvalue weighted by molar-refractivity contribution is -0.143. The van der Waals surface area contributed by atoms with E-state index >= 15 is 0 Å². The quantitative estimate of drug-likeness (QED) is 0.0238. The van der Waals surface area contributed by atoms with Gasteiger partial charge >= 0.3 is 5.97 Å². The molecule has 0 aliphatic heterocycles. The van der Waals surface area contributed by atoms with Crippen LogP contribution in [0.3, 0.4) is 0 Å². The van der Waals surface area contributed by atoms with Gasteiger partial charge in [-0.3, -0.25) is 43.2 Å². The van der Waals surface area contributed by atoms with Gasteiger partial charge in [-0.25, -0.2) is 4.79 Å². The van der Waals surface area contributed by atoms with Gasteiger partial charge in [0.1, 0.15) is 42.3 Å². The normalized spacial score (nSPS) is 15.2. The highest BCUT2D eigenvalue weighted by Crippen LogP contribution is 2.11. The van der Waals surface area contributed by atoms with Crippen molar-refractivity contribution < 1.29 is 58.2 Å². The molecule has 0 aromatic heterocycles. The molecule has 0 spiro atoms. The van der Waals surface area contributed by atoms with Crippen LogP contribution in [-0.2, 0) is 47.9 Å². The lowest BCUT2D eigenvalue weighted by atomic mass is 9.99. The van der Waals surface area contributed by atoms with Crippen LogP contribution in [0.4, 0.5) is 0 Å². The van der Waals surface area contributed by atoms with Gasteiger partial charge in [0.15, 0.2) is 0 Å². The summed E-state index contributed by atoms with van der Waals surface area (Å²) >= 11 is 4.16. The van der Waals surface area contributed by atoms with Crippen LogP contribution < -0.4 is 60.2 Å². The Morgan fingerprint density at radius 3 is 1.15 bits per heavy atom. The smallest absolute Gasteiger partial charge is 0.328 e. The van der Waals surface area contributed by atoms with Gasteiger partial charge in [-0.1, -0.05) is 48.0 Å². The molecule has 0 rings (SSSR count). The summed E-state index contributed by atoms with van der Waals surface area (Å²) in [5, 5.41) is 35.6. The highest BCUT2D eigenvalue weighted by molar-refractivity contribution is 7.80. The molecule has 0 saturated heterocycles. The number of thiol groups is 1. The number of hydrogen-bond acceptors (Lipinski definition) is 14. The molecular formula is C37H67N11O12S. The Morgan fingerprint density at radius 1 is 0.508 bits per heavy atom. The number of carbonyl (C=O) groups excluding carboxylic acids is 9. The number of nitrogens with one attached hydrogen (secondary N) is 7.